The van der Waals surface area contributed by atoms with Crippen LogP contribution in [0.15, 0.2) is 0 Å². The Labute approximate surface area is 82.8 Å². The third-order valence-electron chi connectivity index (χ3n) is 1.84. The number of nitrogens with zero attached hydrogens (tertiary/aromatic N) is 5. The zero-order valence-electron chi connectivity index (χ0n) is 8.55. The number of aromatic nitrogens is 4. The molecule has 14 heavy (non-hydrogen) atoms. The van der Waals surface area contributed by atoms with E-state index in [1.54, 1.807) is 18.8 Å². The van der Waals surface area contributed by atoms with Gasteiger partial charge in [0, 0.05) is 33.8 Å². The Morgan fingerprint density at radius 1 is 1.50 bits per heavy atom. The molecule has 0 bridgehead atoms. The van der Waals surface area contributed by atoms with Crippen LogP contribution in [0.3, 0.4) is 0 Å². The van der Waals surface area contributed by atoms with Gasteiger partial charge in [-0.25, -0.2) is 4.68 Å². The van der Waals surface area contributed by atoms with Gasteiger partial charge in [-0.3, -0.25) is 0 Å². The first-order chi connectivity index (χ1) is 6.79. The predicted octanol–water partition coefficient (Wildman–Crippen LogP) is -1.38. The molecule has 1 aromatic rings. The summed E-state index contributed by atoms with van der Waals surface area (Å²) in [7, 11) is 3.46. The Balaban J connectivity index is 2.62. The molecule has 7 heteroatoms. The molecule has 0 aliphatic heterocycles. The van der Waals surface area contributed by atoms with Crippen LogP contribution in [0.1, 0.15) is 0 Å². The van der Waals surface area contributed by atoms with Gasteiger partial charge in [0.25, 0.3) is 0 Å². The van der Waals surface area contributed by atoms with Gasteiger partial charge in [-0.2, -0.15) is 0 Å². The van der Waals surface area contributed by atoms with Gasteiger partial charge in [0.2, 0.25) is 5.95 Å². The third-order valence-corrected chi connectivity index (χ3v) is 1.84. The average molecular weight is 200 g/mol. The molecular formula is C7H16N6O. The van der Waals surface area contributed by atoms with Crippen molar-refractivity contribution < 1.29 is 4.74 Å². The molecule has 0 aliphatic rings. The minimum Gasteiger partial charge on any atom is -0.383 e. The highest BCUT2D eigenvalue weighted by Gasteiger charge is 2.11. The number of methoxy groups -OCH3 is 1. The molecule has 7 nitrogen and oxygen atoms in total. The lowest BCUT2D eigenvalue weighted by Gasteiger charge is -2.20. The van der Waals surface area contributed by atoms with E-state index in [1.807, 2.05) is 4.90 Å². The van der Waals surface area contributed by atoms with E-state index >= 15 is 0 Å². The number of anilines is 1. The molecule has 0 radical (unpaired) electrons. The molecule has 0 saturated heterocycles. The van der Waals surface area contributed by atoms with Gasteiger partial charge in [0.1, 0.15) is 0 Å². The largest absolute Gasteiger partial charge is 0.383 e. The van der Waals surface area contributed by atoms with Crippen molar-refractivity contribution in [3.63, 3.8) is 0 Å². The second kappa shape index (κ2) is 5.51. The summed E-state index contributed by atoms with van der Waals surface area (Å²) in [5.41, 5.74) is 5.50. The van der Waals surface area contributed by atoms with E-state index in [-0.39, 0.29) is 0 Å². The van der Waals surface area contributed by atoms with Crippen molar-refractivity contribution in [2.75, 3.05) is 38.3 Å². The third kappa shape index (κ3) is 2.64. The second-order valence-electron chi connectivity index (χ2n) is 2.87. The zero-order chi connectivity index (χ0) is 10.4. The van der Waals surface area contributed by atoms with Crippen molar-refractivity contribution in [2.24, 2.45) is 12.8 Å². The first-order valence-corrected chi connectivity index (χ1v) is 4.46. The maximum absolute atomic E-state index is 5.50. The Morgan fingerprint density at radius 3 is 2.79 bits per heavy atom. The van der Waals surface area contributed by atoms with E-state index in [0.29, 0.717) is 19.1 Å². The lowest BCUT2D eigenvalue weighted by atomic mass is 10.5. The number of tetrazole rings is 1. The highest BCUT2D eigenvalue weighted by molar-refractivity contribution is 5.27. The highest BCUT2D eigenvalue weighted by Crippen LogP contribution is 2.04. The smallest absolute Gasteiger partial charge is 0.245 e. The molecule has 0 unspecified atom stereocenters. The molecule has 0 saturated carbocycles. The van der Waals surface area contributed by atoms with E-state index in [9.17, 15) is 0 Å². The number of hydrogen-bond acceptors (Lipinski definition) is 6. The van der Waals surface area contributed by atoms with Crippen LogP contribution >= 0.6 is 0 Å². The first kappa shape index (κ1) is 10.9. The number of nitrogens with two attached hydrogens (primary N) is 1. The first-order valence-electron chi connectivity index (χ1n) is 4.46. The van der Waals surface area contributed by atoms with Crippen molar-refractivity contribution >= 4 is 5.95 Å². The molecule has 80 valence electrons. The molecule has 1 rings (SSSR count). The molecule has 0 aromatic carbocycles. The summed E-state index contributed by atoms with van der Waals surface area (Å²) in [6, 6.07) is 0. The zero-order valence-corrected chi connectivity index (χ0v) is 8.55. The normalized spacial score (nSPS) is 10.5. The van der Waals surface area contributed by atoms with E-state index in [2.05, 4.69) is 15.5 Å². The van der Waals surface area contributed by atoms with E-state index in [4.69, 9.17) is 10.5 Å². The summed E-state index contributed by atoms with van der Waals surface area (Å²) in [4.78, 5) is 1.99. The maximum Gasteiger partial charge on any atom is 0.245 e. The van der Waals surface area contributed by atoms with Gasteiger partial charge in [0.15, 0.2) is 0 Å². The molecule has 0 atom stereocenters. The Hall–Kier alpha value is -1.21. The molecular weight excluding hydrogens is 184 g/mol. The molecule has 0 amide bonds. The van der Waals surface area contributed by atoms with Crippen LogP contribution in [0, 0.1) is 0 Å². The maximum atomic E-state index is 5.50. The van der Waals surface area contributed by atoms with Gasteiger partial charge in [-0.05, 0) is 10.4 Å². The average Bonchev–Trinajstić information content (AvgIpc) is 2.59. The van der Waals surface area contributed by atoms with Crippen LogP contribution in [0.4, 0.5) is 5.95 Å². The topological polar surface area (TPSA) is 82.1 Å². The predicted molar refractivity (Wildman–Crippen MR) is 51.9 cm³/mol. The van der Waals surface area contributed by atoms with E-state index < -0.39 is 0 Å². The highest BCUT2D eigenvalue weighted by atomic mass is 16.5. The summed E-state index contributed by atoms with van der Waals surface area (Å²) in [6.45, 7) is 2.66. The van der Waals surface area contributed by atoms with Crippen LogP contribution in [-0.4, -0.2) is 53.6 Å². The standard InChI is InChI=1S/C7H16N6O/c1-12-7(9-10-11-12)13(4-3-8)5-6-14-2/h3-6,8H2,1-2H3. The number of aryl methyl sites for hydroxylation is 1. The number of rotatable bonds is 6. The minimum absolute atomic E-state index is 0.566. The van der Waals surface area contributed by atoms with Crippen molar-refractivity contribution in [3.8, 4) is 0 Å². The Bertz CT molecular complexity index is 262. The number of ether oxygens (including phenoxy) is 1. The quantitative estimate of drug-likeness (QED) is 0.609. The Morgan fingerprint density at radius 2 is 2.29 bits per heavy atom. The molecule has 0 aliphatic carbocycles. The SMILES string of the molecule is COCCN(CCN)c1nnnn1C. The van der Waals surface area contributed by atoms with Crippen LogP contribution in [-0.2, 0) is 11.8 Å². The Kier molecular flexibility index (Phi) is 4.27. The fourth-order valence-electron chi connectivity index (χ4n) is 1.16. The summed E-state index contributed by atoms with van der Waals surface area (Å²) >= 11 is 0. The van der Waals surface area contributed by atoms with E-state index in [1.165, 1.54) is 0 Å². The summed E-state index contributed by atoms with van der Waals surface area (Å²) in [5.74, 6) is 0.715. The van der Waals surface area contributed by atoms with Gasteiger partial charge < -0.3 is 15.4 Å². The van der Waals surface area contributed by atoms with Gasteiger partial charge in [-0.15, -0.1) is 0 Å². The van der Waals surface area contributed by atoms with Crippen molar-refractivity contribution in [1.29, 1.82) is 0 Å². The lowest BCUT2D eigenvalue weighted by Crippen LogP contribution is -2.34. The second-order valence-corrected chi connectivity index (χ2v) is 2.87. The number of hydrogen-bond donors (Lipinski definition) is 1. The summed E-state index contributed by atoms with van der Waals surface area (Å²) in [6.07, 6.45) is 0. The van der Waals surface area contributed by atoms with Crippen LogP contribution in [0.2, 0.25) is 0 Å². The lowest BCUT2D eigenvalue weighted by molar-refractivity contribution is 0.205. The van der Waals surface area contributed by atoms with Gasteiger partial charge >= 0.3 is 0 Å². The van der Waals surface area contributed by atoms with Crippen molar-refractivity contribution in [2.45, 2.75) is 0 Å². The summed E-state index contributed by atoms with van der Waals surface area (Å²) < 4.78 is 6.61. The monoisotopic (exact) mass is 200 g/mol. The van der Waals surface area contributed by atoms with Crippen LogP contribution in [0.25, 0.3) is 0 Å². The fraction of sp³-hybridized carbons (Fsp3) is 0.857. The van der Waals surface area contributed by atoms with Crippen molar-refractivity contribution in [1.82, 2.24) is 20.2 Å². The summed E-state index contributed by atoms with van der Waals surface area (Å²) in [5, 5.41) is 11.2. The molecule has 1 heterocycles. The molecule has 2 N–H and O–H groups in total. The van der Waals surface area contributed by atoms with Gasteiger partial charge in [-0.1, -0.05) is 5.10 Å². The van der Waals surface area contributed by atoms with E-state index in [0.717, 1.165) is 13.1 Å². The molecule has 1 aromatic heterocycles. The molecule has 0 fully saturated rings. The molecule has 0 spiro atoms. The van der Waals surface area contributed by atoms with Gasteiger partial charge in [0.05, 0.1) is 6.61 Å². The van der Waals surface area contributed by atoms with Crippen molar-refractivity contribution in [3.05, 3.63) is 0 Å². The fourth-order valence-corrected chi connectivity index (χ4v) is 1.16. The van der Waals surface area contributed by atoms with Crippen LogP contribution < -0.4 is 10.6 Å². The van der Waals surface area contributed by atoms with Crippen LogP contribution in [0.5, 0.6) is 0 Å². The minimum atomic E-state index is 0.566.